The molecule has 100 valence electrons. The Morgan fingerprint density at radius 3 is 2.35 bits per heavy atom. The molecule has 1 heterocycles. The molecule has 0 unspecified atom stereocenters. The topological polar surface area (TPSA) is 21.3 Å². The van der Waals surface area contributed by atoms with Crippen LogP contribution in [0.4, 0.5) is 0 Å². The summed E-state index contributed by atoms with van der Waals surface area (Å²) in [5, 5.41) is 3.75. The lowest BCUT2D eigenvalue weighted by atomic mass is 9.72. The van der Waals surface area contributed by atoms with Crippen LogP contribution in [0.3, 0.4) is 0 Å². The summed E-state index contributed by atoms with van der Waals surface area (Å²) in [7, 11) is 0. The van der Waals surface area contributed by atoms with Crippen molar-refractivity contribution in [2.24, 2.45) is 10.8 Å². The lowest BCUT2D eigenvalue weighted by Gasteiger charge is -2.39. The minimum atomic E-state index is 0.463. The van der Waals surface area contributed by atoms with Crippen molar-refractivity contribution >= 4 is 0 Å². The largest absolute Gasteiger partial charge is 0.381 e. The van der Waals surface area contributed by atoms with Gasteiger partial charge in [0.1, 0.15) is 0 Å². The monoisotopic (exact) mass is 239 g/mol. The van der Waals surface area contributed by atoms with E-state index in [9.17, 15) is 0 Å². The van der Waals surface area contributed by atoms with Crippen LogP contribution >= 0.6 is 0 Å². The molecule has 2 aliphatic rings. The molecule has 0 amide bonds. The summed E-state index contributed by atoms with van der Waals surface area (Å²) in [6, 6.07) is 0.837. The zero-order valence-electron chi connectivity index (χ0n) is 11.8. The molecule has 0 aromatic rings. The Balaban J connectivity index is 1.85. The molecular weight excluding hydrogens is 210 g/mol. The predicted octanol–water partition coefficient (Wildman–Crippen LogP) is 3.36. The van der Waals surface area contributed by atoms with Crippen LogP contribution in [0.25, 0.3) is 0 Å². The SMILES string of the molecule is CC(C)(C)CCC1(CNC2CC2)CCOCC1. The van der Waals surface area contributed by atoms with Gasteiger partial charge in [-0.15, -0.1) is 0 Å². The minimum Gasteiger partial charge on any atom is -0.381 e. The number of hydrogen-bond donors (Lipinski definition) is 1. The normalized spacial score (nSPS) is 24.9. The Kier molecular flexibility index (Phi) is 4.14. The maximum Gasteiger partial charge on any atom is 0.0471 e. The van der Waals surface area contributed by atoms with Crippen LogP contribution in [0.5, 0.6) is 0 Å². The summed E-state index contributed by atoms with van der Waals surface area (Å²) >= 11 is 0. The average Bonchev–Trinajstić information content (AvgIpc) is 3.08. The molecule has 0 aromatic carbocycles. The van der Waals surface area contributed by atoms with E-state index in [1.807, 2.05) is 0 Å². The quantitative estimate of drug-likeness (QED) is 0.794. The molecule has 0 aromatic heterocycles. The fraction of sp³-hybridized carbons (Fsp3) is 1.00. The van der Waals surface area contributed by atoms with E-state index >= 15 is 0 Å². The minimum absolute atomic E-state index is 0.463. The number of hydrogen-bond acceptors (Lipinski definition) is 2. The maximum atomic E-state index is 5.55. The highest BCUT2D eigenvalue weighted by atomic mass is 16.5. The molecule has 0 bridgehead atoms. The summed E-state index contributed by atoms with van der Waals surface area (Å²) in [6.45, 7) is 10.2. The van der Waals surface area contributed by atoms with Gasteiger partial charge in [-0.3, -0.25) is 0 Å². The molecule has 0 spiro atoms. The van der Waals surface area contributed by atoms with Crippen LogP contribution in [-0.4, -0.2) is 25.8 Å². The molecule has 2 fully saturated rings. The van der Waals surface area contributed by atoms with Gasteiger partial charge >= 0.3 is 0 Å². The van der Waals surface area contributed by atoms with Gasteiger partial charge in [-0.25, -0.2) is 0 Å². The van der Waals surface area contributed by atoms with Gasteiger partial charge in [0, 0.05) is 25.8 Å². The van der Waals surface area contributed by atoms with Gasteiger partial charge in [0.25, 0.3) is 0 Å². The van der Waals surface area contributed by atoms with E-state index in [1.165, 1.54) is 45.1 Å². The molecule has 1 aliphatic heterocycles. The molecule has 1 N–H and O–H groups in total. The lowest BCUT2D eigenvalue weighted by Crippen LogP contribution is -2.40. The fourth-order valence-corrected chi connectivity index (χ4v) is 2.61. The first-order chi connectivity index (χ1) is 7.99. The molecule has 0 radical (unpaired) electrons. The molecular formula is C15H29NO. The summed E-state index contributed by atoms with van der Waals surface area (Å²) in [5.74, 6) is 0. The van der Waals surface area contributed by atoms with E-state index in [0.29, 0.717) is 10.8 Å². The van der Waals surface area contributed by atoms with E-state index in [-0.39, 0.29) is 0 Å². The van der Waals surface area contributed by atoms with Crippen molar-refractivity contribution in [3.63, 3.8) is 0 Å². The highest BCUT2D eigenvalue weighted by Crippen LogP contribution is 2.39. The summed E-state index contributed by atoms with van der Waals surface area (Å²) in [6.07, 6.45) is 7.99. The molecule has 2 rings (SSSR count). The third-order valence-corrected chi connectivity index (χ3v) is 4.30. The molecule has 0 atom stereocenters. The van der Waals surface area contributed by atoms with Gasteiger partial charge in [0.05, 0.1) is 0 Å². The Labute approximate surface area is 107 Å². The molecule has 17 heavy (non-hydrogen) atoms. The maximum absolute atomic E-state index is 5.55. The van der Waals surface area contributed by atoms with Crippen molar-refractivity contribution in [3.05, 3.63) is 0 Å². The van der Waals surface area contributed by atoms with Gasteiger partial charge in [-0.1, -0.05) is 20.8 Å². The van der Waals surface area contributed by atoms with Crippen LogP contribution in [0.2, 0.25) is 0 Å². The van der Waals surface area contributed by atoms with Crippen molar-refractivity contribution in [2.75, 3.05) is 19.8 Å². The number of ether oxygens (including phenoxy) is 1. The van der Waals surface area contributed by atoms with Crippen molar-refractivity contribution < 1.29 is 4.74 Å². The Morgan fingerprint density at radius 1 is 1.18 bits per heavy atom. The van der Waals surface area contributed by atoms with E-state index in [2.05, 4.69) is 26.1 Å². The first kappa shape index (κ1) is 13.4. The van der Waals surface area contributed by atoms with Gasteiger partial charge in [-0.2, -0.15) is 0 Å². The highest BCUT2D eigenvalue weighted by molar-refractivity contribution is 4.89. The zero-order chi connectivity index (χ0) is 12.4. The first-order valence-corrected chi connectivity index (χ1v) is 7.30. The number of rotatable bonds is 5. The fourth-order valence-electron chi connectivity index (χ4n) is 2.61. The Bertz CT molecular complexity index is 234. The standard InChI is InChI=1S/C15H29NO/c1-14(2,3)6-7-15(8-10-17-11-9-15)12-16-13-4-5-13/h13,16H,4-12H2,1-3H3. The van der Waals surface area contributed by atoms with E-state index < -0.39 is 0 Å². The van der Waals surface area contributed by atoms with Gasteiger partial charge in [0.2, 0.25) is 0 Å². The lowest BCUT2D eigenvalue weighted by molar-refractivity contribution is 0.00502. The predicted molar refractivity (Wildman–Crippen MR) is 72.2 cm³/mol. The van der Waals surface area contributed by atoms with Crippen LogP contribution < -0.4 is 5.32 Å². The van der Waals surface area contributed by atoms with Crippen LogP contribution in [0.1, 0.15) is 59.3 Å². The van der Waals surface area contributed by atoms with Crippen molar-refractivity contribution in [1.29, 1.82) is 0 Å². The Hall–Kier alpha value is -0.0800. The van der Waals surface area contributed by atoms with Crippen molar-refractivity contribution in [1.82, 2.24) is 5.32 Å². The van der Waals surface area contributed by atoms with Crippen LogP contribution in [0, 0.1) is 10.8 Å². The van der Waals surface area contributed by atoms with Crippen LogP contribution in [0.15, 0.2) is 0 Å². The summed E-state index contributed by atoms with van der Waals surface area (Å²) in [4.78, 5) is 0. The Morgan fingerprint density at radius 2 is 1.82 bits per heavy atom. The second-order valence-corrected chi connectivity index (χ2v) is 7.33. The molecule has 1 saturated carbocycles. The van der Waals surface area contributed by atoms with Crippen molar-refractivity contribution in [2.45, 2.75) is 65.3 Å². The summed E-state index contributed by atoms with van der Waals surface area (Å²) < 4.78 is 5.55. The van der Waals surface area contributed by atoms with E-state index in [1.54, 1.807) is 0 Å². The summed E-state index contributed by atoms with van der Waals surface area (Å²) in [5.41, 5.74) is 0.985. The second kappa shape index (κ2) is 5.27. The zero-order valence-corrected chi connectivity index (χ0v) is 11.8. The third-order valence-electron chi connectivity index (χ3n) is 4.30. The molecule has 1 saturated heterocycles. The average molecular weight is 239 g/mol. The van der Waals surface area contributed by atoms with Gasteiger partial charge in [0.15, 0.2) is 0 Å². The third kappa shape index (κ3) is 4.59. The molecule has 1 aliphatic carbocycles. The second-order valence-electron chi connectivity index (χ2n) is 7.33. The van der Waals surface area contributed by atoms with Gasteiger partial charge in [-0.05, 0) is 49.4 Å². The molecule has 2 nitrogen and oxygen atoms in total. The van der Waals surface area contributed by atoms with Crippen LogP contribution in [-0.2, 0) is 4.74 Å². The van der Waals surface area contributed by atoms with E-state index in [4.69, 9.17) is 4.74 Å². The molecule has 2 heteroatoms. The first-order valence-electron chi connectivity index (χ1n) is 7.30. The van der Waals surface area contributed by atoms with Crippen molar-refractivity contribution in [3.8, 4) is 0 Å². The number of nitrogens with one attached hydrogen (secondary N) is 1. The van der Waals surface area contributed by atoms with E-state index in [0.717, 1.165) is 19.3 Å². The van der Waals surface area contributed by atoms with Gasteiger partial charge < -0.3 is 10.1 Å². The highest BCUT2D eigenvalue weighted by Gasteiger charge is 2.35. The smallest absolute Gasteiger partial charge is 0.0471 e.